The van der Waals surface area contributed by atoms with Crippen LogP contribution in [-0.2, 0) is 16.0 Å². The van der Waals surface area contributed by atoms with Crippen molar-refractivity contribution in [2.24, 2.45) is 0 Å². The number of carbonyl (C=O) groups excluding carboxylic acids is 2. The van der Waals surface area contributed by atoms with E-state index < -0.39 is 23.4 Å². The maximum Gasteiger partial charge on any atom is 0.255 e. The van der Waals surface area contributed by atoms with Gasteiger partial charge in [-0.1, -0.05) is 12.1 Å². The molecule has 1 N–H and O–H groups in total. The minimum Gasteiger partial charge on any atom is -0.385 e. The third kappa shape index (κ3) is 6.99. The molecule has 2 aromatic rings. The average Bonchev–Trinajstić information content (AvgIpc) is 2.66. The molecule has 5 nitrogen and oxygen atoms in total. The molecule has 0 aromatic heterocycles. The van der Waals surface area contributed by atoms with Crippen molar-refractivity contribution in [3.8, 4) is 0 Å². The third-order valence-electron chi connectivity index (χ3n) is 4.17. The number of carbonyl (C=O) groups is 2. The number of ether oxygens (including phenoxy) is 1. The average molecular weight is 408 g/mol. The van der Waals surface area contributed by atoms with Crippen LogP contribution in [0.2, 0.25) is 0 Å². The molecule has 0 bridgehead atoms. The number of hydrogen-bond donors (Lipinski definition) is 1. The molecule has 1 amide bonds. The van der Waals surface area contributed by atoms with Crippen molar-refractivity contribution in [2.75, 3.05) is 39.2 Å². The number of nitrogens with one attached hydrogen (secondary N) is 1. The summed E-state index contributed by atoms with van der Waals surface area (Å²) in [7, 11) is 3.47. The molecule has 0 unspecified atom stereocenters. The van der Waals surface area contributed by atoms with Gasteiger partial charge in [0.25, 0.3) is 5.91 Å². The normalized spacial score (nSPS) is 11.0. The molecule has 0 atom stereocenters. The summed E-state index contributed by atoms with van der Waals surface area (Å²) in [5.41, 5.74) is 0.656. The Balaban J connectivity index is 1.98. The van der Waals surface area contributed by atoms with Gasteiger partial charge in [0.15, 0.2) is 23.2 Å². The lowest BCUT2D eigenvalue weighted by atomic mass is 10.0. The fraction of sp³-hybridized carbons (Fsp3) is 0.333. The van der Waals surface area contributed by atoms with Crippen molar-refractivity contribution in [1.29, 1.82) is 0 Å². The van der Waals surface area contributed by atoms with Crippen LogP contribution in [0, 0.1) is 17.5 Å². The molecule has 0 heterocycles. The summed E-state index contributed by atoms with van der Waals surface area (Å²) in [5, 5.41) is 2.32. The Morgan fingerprint density at radius 3 is 2.45 bits per heavy atom. The van der Waals surface area contributed by atoms with Crippen LogP contribution in [0.4, 0.5) is 18.9 Å². The van der Waals surface area contributed by atoms with Crippen molar-refractivity contribution >= 4 is 17.4 Å². The first kappa shape index (κ1) is 22.6. The molecule has 0 aliphatic carbocycles. The molecule has 2 rings (SSSR count). The molecular formula is C21H23F3N2O3. The molecule has 0 spiro atoms. The zero-order chi connectivity index (χ0) is 21.4. The number of anilines is 1. The zero-order valence-electron chi connectivity index (χ0n) is 16.3. The second-order valence-electron chi connectivity index (χ2n) is 6.71. The van der Waals surface area contributed by atoms with Gasteiger partial charge in [0, 0.05) is 50.1 Å². The van der Waals surface area contributed by atoms with Gasteiger partial charge >= 0.3 is 0 Å². The van der Waals surface area contributed by atoms with E-state index >= 15 is 0 Å². The molecule has 0 saturated heterocycles. The number of ketones is 1. The van der Waals surface area contributed by atoms with Gasteiger partial charge in [-0.2, -0.15) is 0 Å². The summed E-state index contributed by atoms with van der Waals surface area (Å²) in [4.78, 5) is 26.5. The lowest BCUT2D eigenvalue weighted by Crippen LogP contribution is -2.28. The first-order chi connectivity index (χ1) is 13.8. The highest BCUT2D eigenvalue weighted by Crippen LogP contribution is 2.18. The summed E-state index contributed by atoms with van der Waals surface area (Å²) in [5.74, 6) is -5.02. The van der Waals surface area contributed by atoms with Crippen molar-refractivity contribution in [3.05, 3.63) is 65.0 Å². The highest BCUT2D eigenvalue weighted by atomic mass is 19.2. The molecule has 0 aliphatic heterocycles. The van der Waals surface area contributed by atoms with E-state index in [4.69, 9.17) is 4.74 Å². The number of methoxy groups -OCH3 is 1. The summed E-state index contributed by atoms with van der Waals surface area (Å²) in [6.45, 7) is 1.62. The largest absolute Gasteiger partial charge is 0.385 e. The maximum absolute atomic E-state index is 13.3. The van der Waals surface area contributed by atoms with E-state index in [2.05, 4.69) is 5.32 Å². The minimum atomic E-state index is -1.60. The predicted molar refractivity (Wildman–Crippen MR) is 103 cm³/mol. The summed E-state index contributed by atoms with van der Waals surface area (Å²) in [6.07, 6.45) is 0.968. The second-order valence-corrected chi connectivity index (χ2v) is 6.71. The minimum absolute atomic E-state index is 0.00912. The van der Waals surface area contributed by atoms with Crippen LogP contribution in [0.3, 0.4) is 0 Å². The molecule has 8 heteroatoms. The number of amides is 1. The molecule has 156 valence electrons. The van der Waals surface area contributed by atoms with E-state index in [1.165, 1.54) is 12.1 Å². The number of likely N-dealkylation sites (N-methyl/N-ethyl adjacent to an activating group) is 1. The highest BCUT2D eigenvalue weighted by Gasteiger charge is 2.14. The van der Waals surface area contributed by atoms with Crippen LogP contribution in [0.1, 0.15) is 22.3 Å². The van der Waals surface area contributed by atoms with Crippen molar-refractivity contribution in [3.63, 3.8) is 0 Å². The Hall–Kier alpha value is -2.71. The van der Waals surface area contributed by atoms with Gasteiger partial charge in [0.2, 0.25) is 0 Å². The molecule has 0 radical (unpaired) electrons. The van der Waals surface area contributed by atoms with Crippen LogP contribution < -0.4 is 5.32 Å². The molecule has 29 heavy (non-hydrogen) atoms. The van der Waals surface area contributed by atoms with Crippen molar-refractivity contribution in [2.45, 2.75) is 12.8 Å². The summed E-state index contributed by atoms with van der Waals surface area (Å²) in [6, 6.07) is 7.78. The lowest BCUT2D eigenvalue weighted by Gasteiger charge is -2.15. The Bertz CT molecular complexity index is 851. The molecule has 0 fully saturated rings. The number of benzene rings is 2. The number of hydrogen-bond acceptors (Lipinski definition) is 4. The summed E-state index contributed by atoms with van der Waals surface area (Å²) >= 11 is 0. The van der Waals surface area contributed by atoms with E-state index in [0.717, 1.165) is 13.0 Å². The zero-order valence-corrected chi connectivity index (χ0v) is 16.3. The van der Waals surface area contributed by atoms with Gasteiger partial charge in [0.05, 0.1) is 6.54 Å². The maximum atomic E-state index is 13.3. The van der Waals surface area contributed by atoms with E-state index in [0.29, 0.717) is 24.3 Å². The highest BCUT2D eigenvalue weighted by molar-refractivity contribution is 6.04. The topological polar surface area (TPSA) is 58.6 Å². The molecular weight excluding hydrogens is 385 g/mol. The molecule has 0 saturated carbocycles. The van der Waals surface area contributed by atoms with E-state index in [9.17, 15) is 22.8 Å². The Morgan fingerprint density at radius 2 is 1.79 bits per heavy atom. The summed E-state index contributed by atoms with van der Waals surface area (Å²) < 4.78 is 44.6. The van der Waals surface area contributed by atoms with E-state index in [-0.39, 0.29) is 30.0 Å². The molecule has 2 aromatic carbocycles. The van der Waals surface area contributed by atoms with Crippen molar-refractivity contribution < 1.29 is 27.5 Å². The van der Waals surface area contributed by atoms with Crippen LogP contribution in [0.25, 0.3) is 0 Å². The Kier molecular flexibility index (Phi) is 8.35. The first-order valence-corrected chi connectivity index (χ1v) is 9.04. The monoisotopic (exact) mass is 408 g/mol. The van der Waals surface area contributed by atoms with Gasteiger partial charge < -0.3 is 10.1 Å². The van der Waals surface area contributed by atoms with E-state index in [1.807, 2.05) is 11.9 Å². The fourth-order valence-corrected chi connectivity index (χ4v) is 2.80. The number of rotatable bonds is 10. The van der Waals surface area contributed by atoms with Crippen LogP contribution in [-0.4, -0.2) is 50.4 Å². The van der Waals surface area contributed by atoms with Gasteiger partial charge in [0.1, 0.15) is 0 Å². The standard InChI is InChI=1S/C21H23F3N2O3/c1-26(7-4-8-29-2)13-17(27)10-14-5-3-6-15(9-14)21(28)25-16-11-18(22)20(24)19(23)12-16/h3,5-6,9,11-12H,4,7-8,10,13H2,1-2H3,(H,25,28). The fourth-order valence-electron chi connectivity index (χ4n) is 2.80. The smallest absolute Gasteiger partial charge is 0.255 e. The Labute approximate surface area is 167 Å². The SMILES string of the molecule is COCCCN(C)CC(=O)Cc1cccc(C(=O)Nc2cc(F)c(F)c(F)c2)c1. The van der Waals surface area contributed by atoms with Gasteiger partial charge in [-0.15, -0.1) is 0 Å². The van der Waals surface area contributed by atoms with Crippen LogP contribution in [0.5, 0.6) is 0 Å². The Morgan fingerprint density at radius 1 is 1.10 bits per heavy atom. The van der Waals surface area contributed by atoms with E-state index in [1.54, 1.807) is 19.2 Å². The van der Waals surface area contributed by atoms with Crippen molar-refractivity contribution in [1.82, 2.24) is 4.90 Å². The molecule has 0 aliphatic rings. The lowest BCUT2D eigenvalue weighted by molar-refractivity contribution is -0.119. The number of nitrogens with zero attached hydrogens (tertiary/aromatic N) is 1. The number of Topliss-reactive ketones (excluding diaryl/α,β-unsaturated/α-hetero) is 1. The second kappa shape index (κ2) is 10.7. The van der Waals surface area contributed by atoms with Gasteiger partial charge in [-0.3, -0.25) is 14.5 Å². The third-order valence-corrected chi connectivity index (χ3v) is 4.17. The predicted octanol–water partition coefficient (Wildman–Crippen LogP) is 3.44. The quantitative estimate of drug-likeness (QED) is 0.483. The van der Waals surface area contributed by atoms with Crippen LogP contribution in [0.15, 0.2) is 36.4 Å². The number of halogens is 3. The van der Waals surface area contributed by atoms with Crippen LogP contribution >= 0.6 is 0 Å². The van der Waals surface area contributed by atoms with Gasteiger partial charge in [-0.05, 0) is 31.2 Å². The van der Waals surface area contributed by atoms with Gasteiger partial charge in [-0.25, -0.2) is 13.2 Å². The first-order valence-electron chi connectivity index (χ1n) is 9.04.